The van der Waals surface area contributed by atoms with E-state index < -0.39 is 4.92 Å². The van der Waals surface area contributed by atoms with Crippen LogP contribution in [0, 0.1) is 10.1 Å². The summed E-state index contributed by atoms with van der Waals surface area (Å²) in [6, 6.07) is 4.39. The van der Waals surface area contributed by atoms with Crippen molar-refractivity contribution in [1.82, 2.24) is 4.90 Å². The van der Waals surface area contributed by atoms with Gasteiger partial charge < -0.3 is 15.3 Å². The zero-order chi connectivity index (χ0) is 15.8. The Morgan fingerprint density at radius 2 is 2.14 bits per heavy atom. The molecule has 2 N–H and O–H groups in total. The van der Waals surface area contributed by atoms with Crippen molar-refractivity contribution in [1.29, 1.82) is 0 Å². The highest BCUT2D eigenvalue weighted by Crippen LogP contribution is 2.28. The smallest absolute Gasteiger partial charge is 0.293 e. The maximum Gasteiger partial charge on any atom is 0.293 e. The molecule has 1 aromatic carbocycles. The Labute approximate surface area is 123 Å². The minimum absolute atomic E-state index is 0.136. The van der Waals surface area contributed by atoms with Crippen LogP contribution in [-0.2, 0) is 0 Å². The van der Waals surface area contributed by atoms with Gasteiger partial charge in [-0.15, -0.1) is 0 Å². The highest BCUT2D eigenvalue weighted by atomic mass is 16.6. The second-order valence-electron chi connectivity index (χ2n) is 4.58. The summed E-state index contributed by atoms with van der Waals surface area (Å²) in [5.74, 6) is -0.314. The number of hydrogen-bond donors (Lipinski definition) is 2. The number of aliphatic hydroxyl groups excluding tert-OH is 1. The first-order chi connectivity index (χ1) is 10.1. The van der Waals surface area contributed by atoms with Crippen LogP contribution in [0.15, 0.2) is 18.2 Å². The summed E-state index contributed by atoms with van der Waals surface area (Å²) in [6.07, 6.45) is 1.73. The van der Waals surface area contributed by atoms with Gasteiger partial charge in [0.25, 0.3) is 11.6 Å². The highest BCUT2D eigenvalue weighted by Gasteiger charge is 2.23. The van der Waals surface area contributed by atoms with E-state index in [9.17, 15) is 14.9 Å². The fraction of sp³-hybridized carbons (Fsp3) is 0.500. The Morgan fingerprint density at radius 1 is 1.43 bits per heavy atom. The second-order valence-corrected chi connectivity index (χ2v) is 4.58. The lowest BCUT2D eigenvalue weighted by Crippen LogP contribution is -2.34. The lowest BCUT2D eigenvalue weighted by Gasteiger charge is -2.22. The van der Waals surface area contributed by atoms with E-state index >= 15 is 0 Å². The molecule has 7 nitrogen and oxygen atoms in total. The summed E-state index contributed by atoms with van der Waals surface area (Å²) >= 11 is 0. The number of para-hydroxylation sites is 1. The number of nitrogens with zero attached hydrogens (tertiary/aromatic N) is 2. The lowest BCUT2D eigenvalue weighted by molar-refractivity contribution is -0.384. The summed E-state index contributed by atoms with van der Waals surface area (Å²) in [4.78, 5) is 24.6. The summed E-state index contributed by atoms with van der Waals surface area (Å²) in [5, 5.41) is 22.8. The van der Waals surface area contributed by atoms with Crippen molar-refractivity contribution in [2.45, 2.75) is 19.8 Å². The van der Waals surface area contributed by atoms with Gasteiger partial charge in [0, 0.05) is 26.2 Å². The molecule has 0 heterocycles. The number of nitro groups is 1. The van der Waals surface area contributed by atoms with Gasteiger partial charge in [0.2, 0.25) is 0 Å². The van der Waals surface area contributed by atoms with Crippen molar-refractivity contribution in [2.75, 3.05) is 32.1 Å². The van der Waals surface area contributed by atoms with E-state index in [1.807, 2.05) is 6.92 Å². The number of hydrogen-bond acceptors (Lipinski definition) is 5. The molecule has 7 heteroatoms. The van der Waals surface area contributed by atoms with Gasteiger partial charge in [0.1, 0.15) is 5.69 Å². The van der Waals surface area contributed by atoms with Crippen molar-refractivity contribution in [3.05, 3.63) is 33.9 Å². The molecule has 0 aromatic heterocycles. The number of carbonyl (C=O) groups excluding carboxylic acids is 1. The maximum atomic E-state index is 12.5. The fourth-order valence-corrected chi connectivity index (χ4v) is 2.09. The zero-order valence-electron chi connectivity index (χ0n) is 12.3. The van der Waals surface area contributed by atoms with Crippen molar-refractivity contribution >= 4 is 17.3 Å². The van der Waals surface area contributed by atoms with Crippen LogP contribution in [-0.4, -0.2) is 47.6 Å². The predicted octanol–water partition coefficient (Wildman–Crippen LogP) is 1.87. The number of amides is 1. The average molecular weight is 295 g/mol. The van der Waals surface area contributed by atoms with E-state index in [4.69, 9.17) is 5.11 Å². The second kappa shape index (κ2) is 8.21. The van der Waals surface area contributed by atoms with E-state index in [1.165, 1.54) is 17.0 Å². The zero-order valence-corrected chi connectivity index (χ0v) is 12.3. The highest BCUT2D eigenvalue weighted by molar-refractivity contribution is 6.01. The van der Waals surface area contributed by atoms with Gasteiger partial charge in [-0.3, -0.25) is 14.9 Å². The Kier molecular flexibility index (Phi) is 6.61. The number of anilines is 1. The first-order valence-corrected chi connectivity index (χ1v) is 6.92. The van der Waals surface area contributed by atoms with Crippen molar-refractivity contribution in [3.63, 3.8) is 0 Å². The summed E-state index contributed by atoms with van der Waals surface area (Å²) in [5.41, 5.74) is 0.311. The lowest BCUT2D eigenvalue weighted by atomic mass is 10.1. The molecule has 116 valence electrons. The minimum Gasteiger partial charge on any atom is -0.395 e. The first kappa shape index (κ1) is 16.9. The van der Waals surface area contributed by atoms with Crippen LogP contribution in [0.5, 0.6) is 0 Å². The quantitative estimate of drug-likeness (QED) is 0.564. The van der Waals surface area contributed by atoms with E-state index in [2.05, 4.69) is 5.32 Å². The Hall–Kier alpha value is -2.15. The molecule has 0 atom stereocenters. The number of aliphatic hydroxyl groups is 1. The van der Waals surface area contributed by atoms with Gasteiger partial charge in [-0.25, -0.2) is 0 Å². The van der Waals surface area contributed by atoms with Crippen LogP contribution in [0.25, 0.3) is 0 Å². The monoisotopic (exact) mass is 295 g/mol. The van der Waals surface area contributed by atoms with Gasteiger partial charge in [0.15, 0.2) is 0 Å². The summed E-state index contributed by atoms with van der Waals surface area (Å²) < 4.78 is 0. The standard InChI is InChI=1S/C14H21N3O4/c1-3-4-8-16(9-10-18)14(19)11-6-5-7-12(17(20)21)13(11)15-2/h5-7,15,18H,3-4,8-10H2,1-2H3. The largest absolute Gasteiger partial charge is 0.395 e. The molecule has 1 amide bonds. The normalized spacial score (nSPS) is 10.2. The molecule has 0 aliphatic rings. The number of nitro benzene ring substituents is 1. The molecule has 1 rings (SSSR count). The molecular weight excluding hydrogens is 274 g/mol. The molecule has 0 unspecified atom stereocenters. The van der Waals surface area contributed by atoms with Crippen LogP contribution in [0.4, 0.5) is 11.4 Å². The van der Waals surface area contributed by atoms with Crippen LogP contribution < -0.4 is 5.32 Å². The number of nitrogens with one attached hydrogen (secondary N) is 1. The third-order valence-corrected chi connectivity index (χ3v) is 3.16. The van der Waals surface area contributed by atoms with Crippen LogP contribution >= 0.6 is 0 Å². The van der Waals surface area contributed by atoms with Crippen LogP contribution in [0.1, 0.15) is 30.1 Å². The maximum absolute atomic E-state index is 12.5. The molecule has 0 saturated carbocycles. The minimum atomic E-state index is -0.523. The molecular formula is C14H21N3O4. The Morgan fingerprint density at radius 3 is 2.67 bits per heavy atom. The Bertz CT molecular complexity index is 505. The third kappa shape index (κ3) is 4.16. The van der Waals surface area contributed by atoms with Crippen molar-refractivity contribution < 1.29 is 14.8 Å². The van der Waals surface area contributed by atoms with Gasteiger partial charge in [-0.05, 0) is 12.5 Å². The number of benzene rings is 1. The van der Waals surface area contributed by atoms with E-state index in [1.54, 1.807) is 13.1 Å². The van der Waals surface area contributed by atoms with Gasteiger partial charge in [-0.1, -0.05) is 19.4 Å². The van der Waals surface area contributed by atoms with Crippen molar-refractivity contribution in [2.24, 2.45) is 0 Å². The van der Waals surface area contributed by atoms with Gasteiger partial charge in [0.05, 0.1) is 17.1 Å². The van der Waals surface area contributed by atoms with Crippen LogP contribution in [0.3, 0.4) is 0 Å². The SMILES string of the molecule is CCCCN(CCO)C(=O)c1cccc([N+](=O)[O-])c1NC. The first-order valence-electron chi connectivity index (χ1n) is 6.92. The molecule has 0 fully saturated rings. The molecule has 0 spiro atoms. The molecule has 1 aromatic rings. The van der Waals surface area contributed by atoms with Gasteiger partial charge in [-0.2, -0.15) is 0 Å². The Balaban J connectivity index is 3.14. The number of unbranched alkanes of at least 4 members (excludes halogenated alkanes) is 1. The molecule has 0 aliphatic heterocycles. The fourth-order valence-electron chi connectivity index (χ4n) is 2.09. The van der Waals surface area contributed by atoms with E-state index in [0.717, 1.165) is 12.8 Å². The van der Waals surface area contributed by atoms with Gasteiger partial charge >= 0.3 is 0 Å². The molecule has 0 radical (unpaired) electrons. The number of carbonyl (C=O) groups is 1. The molecule has 0 bridgehead atoms. The van der Waals surface area contributed by atoms with E-state index in [-0.39, 0.29) is 36.0 Å². The topological polar surface area (TPSA) is 95.7 Å². The molecule has 0 aliphatic carbocycles. The molecule has 0 saturated heterocycles. The number of rotatable bonds is 8. The van der Waals surface area contributed by atoms with Crippen molar-refractivity contribution in [3.8, 4) is 0 Å². The van der Waals surface area contributed by atoms with Crippen LogP contribution in [0.2, 0.25) is 0 Å². The van der Waals surface area contributed by atoms with E-state index in [0.29, 0.717) is 6.54 Å². The third-order valence-electron chi connectivity index (χ3n) is 3.16. The predicted molar refractivity (Wildman–Crippen MR) is 80.5 cm³/mol. The average Bonchev–Trinajstić information content (AvgIpc) is 2.49. The summed E-state index contributed by atoms with van der Waals surface area (Å²) in [7, 11) is 1.54. The molecule has 21 heavy (non-hydrogen) atoms. The summed E-state index contributed by atoms with van der Waals surface area (Å²) in [6.45, 7) is 2.60.